The molecule has 3 aromatic heterocycles. The van der Waals surface area contributed by atoms with Gasteiger partial charge in [0.1, 0.15) is 0 Å². The zero-order valence-electron chi connectivity index (χ0n) is 15.5. The van der Waals surface area contributed by atoms with Crippen LogP contribution in [0.2, 0.25) is 0 Å². The SMILES string of the molecule is Cc1cc(C(=O)NNC(=O)c2cc(-c3ccccc3)on2)c2c(=O)[nH]n(C)c2n1. The Balaban J connectivity index is 1.52. The first-order chi connectivity index (χ1) is 13.9. The van der Waals surface area contributed by atoms with Crippen molar-refractivity contribution in [2.75, 3.05) is 0 Å². The van der Waals surface area contributed by atoms with Gasteiger partial charge in [0.25, 0.3) is 17.4 Å². The topological polar surface area (TPSA) is 135 Å². The number of hydrogen-bond acceptors (Lipinski definition) is 6. The number of benzene rings is 1. The maximum absolute atomic E-state index is 12.6. The number of nitrogens with zero attached hydrogens (tertiary/aromatic N) is 3. The van der Waals surface area contributed by atoms with Crippen LogP contribution < -0.4 is 16.4 Å². The Bertz CT molecular complexity index is 1290. The highest BCUT2D eigenvalue weighted by Gasteiger charge is 2.19. The molecule has 0 aliphatic carbocycles. The average Bonchev–Trinajstić information content (AvgIpc) is 3.31. The van der Waals surface area contributed by atoms with Crippen molar-refractivity contribution in [1.29, 1.82) is 0 Å². The van der Waals surface area contributed by atoms with E-state index in [1.807, 2.05) is 30.3 Å². The Morgan fingerprint density at radius 3 is 2.59 bits per heavy atom. The van der Waals surface area contributed by atoms with Gasteiger partial charge in [0, 0.05) is 24.4 Å². The lowest BCUT2D eigenvalue weighted by molar-refractivity contribution is 0.0842. The van der Waals surface area contributed by atoms with E-state index in [0.29, 0.717) is 17.1 Å². The molecule has 0 fully saturated rings. The zero-order chi connectivity index (χ0) is 20.5. The highest BCUT2D eigenvalue weighted by Crippen LogP contribution is 2.19. The van der Waals surface area contributed by atoms with Crippen molar-refractivity contribution in [1.82, 2.24) is 30.8 Å². The molecule has 4 rings (SSSR count). The molecular formula is C19H16N6O4. The monoisotopic (exact) mass is 392 g/mol. The second-order valence-corrected chi connectivity index (χ2v) is 6.36. The van der Waals surface area contributed by atoms with Gasteiger partial charge in [-0.2, -0.15) is 0 Å². The maximum Gasteiger partial charge on any atom is 0.291 e. The summed E-state index contributed by atoms with van der Waals surface area (Å²) in [6.45, 7) is 1.70. The van der Waals surface area contributed by atoms with E-state index in [9.17, 15) is 14.4 Å². The molecule has 0 bridgehead atoms. The van der Waals surface area contributed by atoms with Crippen molar-refractivity contribution in [3.8, 4) is 11.3 Å². The lowest BCUT2D eigenvalue weighted by Crippen LogP contribution is -2.42. The lowest BCUT2D eigenvalue weighted by Gasteiger charge is -2.07. The van der Waals surface area contributed by atoms with Crippen molar-refractivity contribution < 1.29 is 14.1 Å². The summed E-state index contributed by atoms with van der Waals surface area (Å²) in [5, 5.41) is 6.41. The van der Waals surface area contributed by atoms with E-state index >= 15 is 0 Å². The molecule has 10 nitrogen and oxygen atoms in total. The molecule has 3 N–H and O–H groups in total. The number of hydrogen-bond donors (Lipinski definition) is 3. The molecule has 0 saturated heterocycles. The molecule has 1 aromatic carbocycles. The predicted molar refractivity (Wildman–Crippen MR) is 103 cm³/mol. The molecule has 146 valence electrons. The fraction of sp³-hybridized carbons (Fsp3) is 0.105. The van der Waals surface area contributed by atoms with Gasteiger partial charge in [-0.1, -0.05) is 35.5 Å². The normalized spacial score (nSPS) is 10.8. The molecule has 0 aliphatic heterocycles. The van der Waals surface area contributed by atoms with Crippen LogP contribution in [0.4, 0.5) is 0 Å². The summed E-state index contributed by atoms with van der Waals surface area (Å²) in [7, 11) is 1.62. The van der Waals surface area contributed by atoms with Crippen molar-refractivity contribution >= 4 is 22.8 Å². The number of nitrogens with one attached hydrogen (secondary N) is 3. The van der Waals surface area contributed by atoms with Crippen LogP contribution in [0.15, 0.2) is 51.8 Å². The molecular weight excluding hydrogens is 376 g/mol. The number of pyridine rings is 1. The standard InChI is InChI=1S/C19H16N6O4/c1-10-8-12(15-16(20-10)25(2)23-19(15)28)17(26)21-22-18(27)13-9-14(29-24-13)11-6-4-3-5-7-11/h3-9H,1-2H3,(H,21,26)(H,22,27)(H,23,28). The Morgan fingerprint density at radius 2 is 1.83 bits per heavy atom. The summed E-state index contributed by atoms with van der Waals surface area (Å²) in [5.41, 5.74) is 5.87. The number of H-pyrrole nitrogens is 1. The first-order valence-corrected chi connectivity index (χ1v) is 8.63. The number of aromatic nitrogens is 4. The van der Waals surface area contributed by atoms with Gasteiger partial charge < -0.3 is 4.52 Å². The summed E-state index contributed by atoms with van der Waals surface area (Å²) in [4.78, 5) is 41.3. The van der Waals surface area contributed by atoms with Crippen LogP contribution in [-0.2, 0) is 7.05 Å². The fourth-order valence-electron chi connectivity index (χ4n) is 2.93. The number of carbonyl (C=O) groups is 2. The van der Waals surface area contributed by atoms with Crippen molar-refractivity contribution in [3.05, 3.63) is 69.8 Å². The number of fused-ring (bicyclic) bond motifs is 1. The molecule has 0 aliphatic rings. The third-order valence-corrected chi connectivity index (χ3v) is 4.28. The summed E-state index contributed by atoms with van der Waals surface area (Å²) < 4.78 is 6.61. The average molecular weight is 392 g/mol. The van der Waals surface area contributed by atoms with Gasteiger partial charge in [0.15, 0.2) is 17.1 Å². The van der Waals surface area contributed by atoms with Gasteiger partial charge in [-0.3, -0.25) is 35.0 Å². The van der Waals surface area contributed by atoms with E-state index in [1.165, 1.54) is 16.8 Å². The minimum absolute atomic E-state index is 0.00207. The number of hydrazine groups is 1. The molecule has 0 radical (unpaired) electrons. The van der Waals surface area contributed by atoms with Crippen molar-refractivity contribution in [3.63, 3.8) is 0 Å². The number of rotatable bonds is 3. The van der Waals surface area contributed by atoms with E-state index in [0.717, 1.165) is 5.56 Å². The molecule has 0 atom stereocenters. The number of aromatic amines is 1. The molecule has 4 aromatic rings. The molecule has 3 heterocycles. The molecule has 0 unspecified atom stereocenters. The molecule has 2 amide bonds. The Morgan fingerprint density at radius 1 is 1.10 bits per heavy atom. The molecule has 10 heteroatoms. The second-order valence-electron chi connectivity index (χ2n) is 6.36. The summed E-state index contributed by atoms with van der Waals surface area (Å²) in [6, 6.07) is 12.1. The lowest BCUT2D eigenvalue weighted by atomic mass is 10.1. The zero-order valence-corrected chi connectivity index (χ0v) is 15.5. The third kappa shape index (κ3) is 3.38. The summed E-state index contributed by atoms with van der Waals surface area (Å²) >= 11 is 0. The molecule has 0 spiro atoms. The molecule has 0 saturated carbocycles. The van der Waals surface area contributed by atoms with E-state index in [2.05, 4.69) is 26.1 Å². The first-order valence-electron chi connectivity index (χ1n) is 8.63. The number of amides is 2. The van der Waals surface area contributed by atoms with Gasteiger partial charge in [0.2, 0.25) is 0 Å². The van der Waals surface area contributed by atoms with E-state index in [4.69, 9.17) is 4.52 Å². The van der Waals surface area contributed by atoms with E-state index in [-0.39, 0.29) is 16.6 Å². The number of carbonyl (C=O) groups excluding carboxylic acids is 2. The quantitative estimate of drug-likeness (QED) is 0.450. The van der Waals surface area contributed by atoms with Crippen LogP contribution in [0.5, 0.6) is 0 Å². The van der Waals surface area contributed by atoms with Gasteiger partial charge in [-0.15, -0.1) is 0 Å². The highest BCUT2D eigenvalue weighted by molar-refractivity contribution is 6.06. The maximum atomic E-state index is 12.6. The minimum Gasteiger partial charge on any atom is -0.355 e. The summed E-state index contributed by atoms with van der Waals surface area (Å²) in [6.07, 6.45) is 0. The fourth-order valence-corrected chi connectivity index (χ4v) is 2.93. The Hall–Kier alpha value is -4.21. The van der Waals surface area contributed by atoms with Crippen LogP contribution in [-0.4, -0.2) is 31.7 Å². The van der Waals surface area contributed by atoms with Gasteiger partial charge in [0.05, 0.1) is 10.9 Å². The van der Waals surface area contributed by atoms with E-state index < -0.39 is 17.4 Å². The Labute approximate surface area is 163 Å². The third-order valence-electron chi connectivity index (χ3n) is 4.28. The minimum atomic E-state index is -0.659. The van der Waals surface area contributed by atoms with Crippen molar-refractivity contribution in [2.45, 2.75) is 6.92 Å². The van der Waals surface area contributed by atoms with Gasteiger partial charge in [-0.05, 0) is 13.0 Å². The largest absolute Gasteiger partial charge is 0.355 e. The molecule has 29 heavy (non-hydrogen) atoms. The van der Waals surface area contributed by atoms with Gasteiger partial charge in [-0.25, -0.2) is 4.98 Å². The van der Waals surface area contributed by atoms with Crippen LogP contribution in [0, 0.1) is 6.92 Å². The predicted octanol–water partition coefficient (Wildman–Crippen LogP) is 1.30. The first kappa shape index (κ1) is 18.2. The van der Waals surface area contributed by atoms with Gasteiger partial charge >= 0.3 is 0 Å². The second kappa shape index (κ2) is 7.08. The highest BCUT2D eigenvalue weighted by atomic mass is 16.5. The van der Waals surface area contributed by atoms with Crippen molar-refractivity contribution in [2.24, 2.45) is 7.05 Å². The Kier molecular flexibility index (Phi) is 4.43. The van der Waals surface area contributed by atoms with E-state index in [1.54, 1.807) is 14.0 Å². The van der Waals surface area contributed by atoms with Crippen LogP contribution in [0.3, 0.4) is 0 Å². The van der Waals surface area contributed by atoms with Crippen LogP contribution in [0.1, 0.15) is 26.5 Å². The summed E-state index contributed by atoms with van der Waals surface area (Å²) in [5.74, 6) is -0.894. The smallest absolute Gasteiger partial charge is 0.291 e. The van der Waals surface area contributed by atoms with Crippen LogP contribution >= 0.6 is 0 Å². The van der Waals surface area contributed by atoms with Crippen LogP contribution in [0.25, 0.3) is 22.4 Å². The number of aryl methyl sites for hydroxylation is 2.